The van der Waals surface area contributed by atoms with Gasteiger partial charge >= 0.3 is 5.97 Å². The molecule has 1 amide bonds. The van der Waals surface area contributed by atoms with E-state index in [1.54, 1.807) is 13.8 Å². The topological polar surface area (TPSA) is 73.2 Å². The SMILES string of the molecule is COC(=O)c1nn(-c2ccc(F)cc2)c(NC(=O)C(C)C)c1Br. The summed E-state index contributed by atoms with van der Waals surface area (Å²) in [4.78, 5) is 23.8. The molecule has 2 rings (SSSR count). The molecule has 0 bridgehead atoms. The molecule has 8 heteroatoms. The average Bonchev–Trinajstić information content (AvgIpc) is 2.84. The number of carbonyl (C=O) groups is 2. The zero-order valence-electron chi connectivity index (χ0n) is 12.8. The third-order valence-corrected chi connectivity index (χ3v) is 3.79. The molecule has 1 N–H and O–H groups in total. The summed E-state index contributed by atoms with van der Waals surface area (Å²) in [5, 5.41) is 6.85. The lowest BCUT2D eigenvalue weighted by Gasteiger charge is -2.11. The van der Waals surface area contributed by atoms with E-state index in [1.165, 1.54) is 36.1 Å². The number of benzene rings is 1. The molecule has 0 spiro atoms. The van der Waals surface area contributed by atoms with Gasteiger partial charge in [0.2, 0.25) is 5.91 Å². The maximum atomic E-state index is 13.1. The fourth-order valence-electron chi connectivity index (χ4n) is 1.76. The minimum atomic E-state index is -0.655. The molecule has 0 saturated heterocycles. The number of methoxy groups -OCH3 is 1. The van der Waals surface area contributed by atoms with Gasteiger partial charge in [0, 0.05) is 5.92 Å². The van der Waals surface area contributed by atoms with Gasteiger partial charge in [-0.2, -0.15) is 5.10 Å². The maximum Gasteiger partial charge on any atom is 0.359 e. The Bertz CT molecular complexity index is 741. The lowest BCUT2D eigenvalue weighted by atomic mass is 10.2. The van der Waals surface area contributed by atoms with Crippen molar-refractivity contribution in [1.29, 1.82) is 0 Å². The molecule has 0 fully saturated rings. The van der Waals surface area contributed by atoms with E-state index < -0.39 is 11.8 Å². The predicted octanol–water partition coefficient (Wildman–Crippen LogP) is 3.16. The van der Waals surface area contributed by atoms with Crippen molar-refractivity contribution >= 4 is 33.6 Å². The fraction of sp³-hybridized carbons (Fsp3) is 0.267. The normalized spacial score (nSPS) is 10.7. The molecule has 1 aromatic heterocycles. The van der Waals surface area contributed by atoms with Crippen LogP contribution in [0.5, 0.6) is 0 Å². The van der Waals surface area contributed by atoms with E-state index in [9.17, 15) is 14.0 Å². The minimum absolute atomic E-state index is 0.0101. The molecule has 0 aliphatic heterocycles. The summed E-state index contributed by atoms with van der Waals surface area (Å²) in [5.74, 6) is -1.29. The van der Waals surface area contributed by atoms with Crippen molar-refractivity contribution in [3.63, 3.8) is 0 Å². The number of nitrogens with one attached hydrogen (secondary N) is 1. The standard InChI is InChI=1S/C15H15BrFN3O3/c1-8(2)14(21)18-13-11(16)12(15(22)23-3)19-20(13)10-6-4-9(17)5-7-10/h4-8H,1-3H3,(H,18,21). The molecule has 122 valence electrons. The highest BCUT2D eigenvalue weighted by Crippen LogP contribution is 2.30. The zero-order chi connectivity index (χ0) is 17.1. The zero-order valence-corrected chi connectivity index (χ0v) is 14.3. The third kappa shape index (κ3) is 3.58. The Hall–Kier alpha value is -2.22. The van der Waals surface area contributed by atoms with Crippen molar-refractivity contribution in [2.45, 2.75) is 13.8 Å². The first-order valence-corrected chi connectivity index (χ1v) is 7.58. The molecule has 2 aromatic rings. The highest BCUT2D eigenvalue weighted by Gasteiger charge is 2.24. The number of aromatic nitrogens is 2. The summed E-state index contributed by atoms with van der Waals surface area (Å²) >= 11 is 3.26. The largest absolute Gasteiger partial charge is 0.464 e. The first kappa shape index (κ1) is 17.1. The number of amides is 1. The van der Waals surface area contributed by atoms with Gasteiger partial charge in [0.05, 0.1) is 17.3 Å². The van der Waals surface area contributed by atoms with E-state index in [0.29, 0.717) is 10.2 Å². The van der Waals surface area contributed by atoms with Gasteiger partial charge in [-0.1, -0.05) is 13.8 Å². The van der Waals surface area contributed by atoms with Gasteiger partial charge in [0.25, 0.3) is 0 Å². The minimum Gasteiger partial charge on any atom is -0.464 e. The second-order valence-electron chi connectivity index (χ2n) is 5.03. The number of halogens is 2. The Balaban J connectivity index is 2.56. The van der Waals surface area contributed by atoms with E-state index in [0.717, 1.165) is 0 Å². The molecule has 0 saturated carbocycles. The molecular formula is C15H15BrFN3O3. The number of hydrogen-bond donors (Lipinski definition) is 1. The van der Waals surface area contributed by atoms with Crippen LogP contribution in [0.3, 0.4) is 0 Å². The van der Waals surface area contributed by atoms with Crippen molar-refractivity contribution in [3.05, 3.63) is 40.2 Å². The van der Waals surface area contributed by atoms with E-state index in [1.807, 2.05) is 0 Å². The molecule has 23 heavy (non-hydrogen) atoms. The molecular weight excluding hydrogens is 369 g/mol. The van der Waals surface area contributed by atoms with Gasteiger partial charge in [-0.3, -0.25) is 4.79 Å². The van der Waals surface area contributed by atoms with Crippen LogP contribution in [-0.2, 0) is 9.53 Å². The number of anilines is 1. The van der Waals surface area contributed by atoms with Crippen molar-refractivity contribution < 1.29 is 18.7 Å². The molecule has 6 nitrogen and oxygen atoms in total. The maximum absolute atomic E-state index is 13.1. The number of rotatable bonds is 4. The summed E-state index contributed by atoms with van der Waals surface area (Å²) < 4.78 is 19.4. The third-order valence-electron chi connectivity index (χ3n) is 3.04. The van der Waals surface area contributed by atoms with Crippen LogP contribution < -0.4 is 5.32 Å². The fourth-order valence-corrected chi connectivity index (χ4v) is 2.27. The summed E-state index contributed by atoms with van der Waals surface area (Å²) in [7, 11) is 1.23. The van der Waals surface area contributed by atoms with E-state index >= 15 is 0 Å². The van der Waals surface area contributed by atoms with Gasteiger partial charge in [-0.15, -0.1) is 0 Å². The molecule has 1 aromatic carbocycles. The number of esters is 1. The van der Waals surface area contributed by atoms with Crippen LogP contribution in [0.2, 0.25) is 0 Å². The highest BCUT2D eigenvalue weighted by atomic mass is 79.9. The van der Waals surface area contributed by atoms with Crippen LogP contribution in [0.1, 0.15) is 24.3 Å². The van der Waals surface area contributed by atoms with Gasteiger partial charge in [0.1, 0.15) is 5.82 Å². The van der Waals surface area contributed by atoms with E-state index in [-0.39, 0.29) is 23.3 Å². The van der Waals surface area contributed by atoms with Gasteiger partial charge < -0.3 is 10.1 Å². The summed E-state index contributed by atoms with van der Waals surface area (Å²) in [6, 6.07) is 5.50. The Kier molecular flexibility index (Phi) is 5.15. The Labute approximate surface area is 140 Å². The average molecular weight is 384 g/mol. The monoisotopic (exact) mass is 383 g/mol. The molecule has 0 atom stereocenters. The Morgan fingerprint density at radius 2 is 1.91 bits per heavy atom. The first-order chi connectivity index (χ1) is 10.8. The smallest absolute Gasteiger partial charge is 0.359 e. The molecule has 0 aliphatic carbocycles. The van der Waals surface area contributed by atoms with Crippen LogP contribution in [0, 0.1) is 11.7 Å². The van der Waals surface area contributed by atoms with Crippen LogP contribution >= 0.6 is 15.9 Å². The van der Waals surface area contributed by atoms with E-state index in [4.69, 9.17) is 0 Å². The number of ether oxygens (including phenoxy) is 1. The second-order valence-corrected chi connectivity index (χ2v) is 5.83. The molecule has 0 aliphatic rings. The predicted molar refractivity (Wildman–Crippen MR) is 86.0 cm³/mol. The second kappa shape index (κ2) is 6.91. The summed E-state index contributed by atoms with van der Waals surface area (Å²) in [6.07, 6.45) is 0. The summed E-state index contributed by atoms with van der Waals surface area (Å²) in [5.41, 5.74) is 0.497. The van der Waals surface area contributed by atoms with Gasteiger partial charge in [-0.25, -0.2) is 13.9 Å². The Morgan fingerprint density at radius 1 is 1.30 bits per heavy atom. The van der Waals surface area contributed by atoms with E-state index in [2.05, 4.69) is 31.1 Å². The van der Waals surface area contributed by atoms with Crippen LogP contribution in [0.15, 0.2) is 28.7 Å². The van der Waals surface area contributed by atoms with Crippen molar-refractivity contribution in [1.82, 2.24) is 9.78 Å². The van der Waals surface area contributed by atoms with Crippen molar-refractivity contribution in [2.75, 3.05) is 12.4 Å². The van der Waals surface area contributed by atoms with Crippen LogP contribution in [-0.4, -0.2) is 28.8 Å². The number of hydrogen-bond acceptors (Lipinski definition) is 4. The number of carbonyl (C=O) groups excluding carboxylic acids is 2. The lowest BCUT2D eigenvalue weighted by Crippen LogP contribution is -2.20. The van der Waals surface area contributed by atoms with Gasteiger partial charge in [0.15, 0.2) is 11.5 Å². The highest BCUT2D eigenvalue weighted by molar-refractivity contribution is 9.10. The summed E-state index contributed by atoms with van der Waals surface area (Å²) in [6.45, 7) is 3.48. The van der Waals surface area contributed by atoms with Crippen LogP contribution in [0.4, 0.5) is 10.2 Å². The molecule has 1 heterocycles. The molecule has 0 unspecified atom stereocenters. The Morgan fingerprint density at radius 3 is 2.43 bits per heavy atom. The number of nitrogens with zero attached hydrogens (tertiary/aromatic N) is 2. The quantitative estimate of drug-likeness (QED) is 0.822. The van der Waals surface area contributed by atoms with Crippen molar-refractivity contribution in [3.8, 4) is 5.69 Å². The van der Waals surface area contributed by atoms with Gasteiger partial charge in [-0.05, 0) is 40.2 Å². The first-order valence-electron chi connectivity index (χ1n) is 6.78. The van der Waals surface area contributed by atoms with Crippen LogP contribution in [0.25, 0.3) is 5.69 Å². The molecule has 0 radical (unpaired) electrons. The lowest BCUT2D eigenvalue weighted by molar-refractivity contribution is -0.118. The van der Waals surface area contributed by atoms with Crippen molar-refractivity contribution in [2.24, 2.45) is 5.92 Å².